The molecule has 2 N–H and O–H groups in total. The summed E-state index contributed by atoms with van der Waals surface area (Å²) in [7, 11) is 0. The molecule has 0 bridgehead atoms. The fourth-order valence-electron chi connectivity index (χ4n) is 2.57. The third-order valence-corrected chi connectivity index (χ3v) is 3.36. The monoisotopic (exact) mass is 260 g/mol. The van der Waals surface area contributed by atoms with E-state index in [2.05, 4.69) is 6.92 Å². The standard InChI is InChI=1S/C13H16N4O2/c1-9-4-11(15)8-16(7-9)12-3-2-10(6-14)13(5-12)17(18)19/h2-3,5,9,11H,4,7-8,15H2,1H3. The Hall–Kier alpha value is -2.13. The van der Waals surface area contributed by atoms with Gasteiger partial charge in [0, 0.05) is 30.9 Å². The van der Waals surface area contributed by atoms with Gasteiger partial charge in [-0.1, -0.05) is 6.92 Å². The predicted octanol–water partition coefficient (Wildman–Crippen LogP) is 1.64. The van der Waals surface area contributed by atoms with Crippen LogP contribution in [0.1, 0.15) is 18.9 Å². The van der Waals surface area contributed by atoms with Crippen molar-refractivity contribution in [3.05, 3.63) is 33.9 Å². The second kappa shape index (κ2) is 5.24. The Morgan fingerprint density at radius 3 is 2.84 bits per heavy atom. The van der Waals surface area contributed by atoms with E-state index in [1.54, 1.807) is 6.07 Å². The van der Waals surface area contributed by atoms with E-state index in [9.17, 15) is 10.1 Å². The number of nitrogens with two attached hydrogens (primary N) is 1. The molecule has 0 spiro atoms. The average Bonchev–Trinajstić information content (AvgIpc) is 2.36. The first-order valence-corrected chi connectivity index (χ1v) is 6.20. The van der Waals surface area contributed by atoms with Crippen molar-refractivity contribution in [1.82, 2.24) is 0 Å². The molecule has 1 heterocycles. The second-order valence-electron chi connectivity index (χ2n) is 5.08. The first kappa shape index (κ1) is 13.3. The van der Waals surface area contributed by atoms with Gasteiger partial charge >= 0.3 is 0 Å². The van der Waals surface area contributed by atoms with E-state index in [0.717, 1.165) is 18.7 Å². The van der Waals surface area contributed by atoms with Crippen LogP contribution in [0.15, 0.2) is 18.2 Å². The normalized spacial score (nSPS) is 22.9. The van der Waals surface area contributed by atoms with Crippen LogP contribution in [0, 0.1) is 27.4 Å². The molecule has 2 unspecified atom stereocenters. The van der Waals surface area contributed by atoms with Gasteiger partial charge in [-0.05, 0) is 24.5 Å². The molecule has 0 amide bonds. The Kier molecular flexibility index (Phi) is 3.67. The summed E-state index contributed by atoms with van der Waals surface area (Å²) in [6.45, 7) is 3.63. The highest BCUT2D eigenvalue weighted by atomic mass is 16.6. The lowest BCUT2D eigenvalue weighted by atomic mass is 9.96. The van der Waals surface area contributed by atoms with Crippen molar-refractivity contribution < 1.29 is 4.92 Å². The fourth-order valence-corrected chi connectivity index (χ4v) is 2.57. The van der Waals surface area contributed by atoms with E-state index in [1.807, 2.05) is 11.0 Å². The summed E-state index contributed by atoms with van der Waals surface area (Å²) >= 11 is 0. The molecular formula is C13H16N4O2. The van der Waals surface area contributed by atoms with Crippen molar-refractivity contribution in [1.29, 1.82) is 5.26 Å². The molecule has 0 aromatic heterocycles. The molecule has 6 nitrogen and oxygen atoms in total. The lowest BCUT2D eigenvalue weighted by molar-refractivity contribution is -0.385. The van der Waals surface area contributed by atoms with Crippen LogP contribution < -0.4 is 10.6 Å². The van der Waals surface area contributed by atoms with Gasteiger partial charge in [0.05, 0.1) is 4.92 Å². The molecule has 6 heteroatoms. The van der Waals surface area contributed by atoms with Crippen molar-refractivity contribution in [2.45, 2.75) is 19.4 Å². The van der Waals surface area contributed by atoms with Gasteiger partial charge in [-0.3, -0.25) is 10.1 Å². The zero-order chi connectivity index (χ0) is 14.0. The Morgan fingerprint density at radius 1 is 1.53 bits per heavy atom. The molecule has 0 saturated carbocycles. The first-order chi connectivity index (χ1) is 9.01. The van der Waals surface area contributed by atoms with Crippen LogP contribution in [0.25, 0.3) is 0 Å². The molecule has 1 aliphatic rings. The maximum Gasteiger partial charge on any atom is 0.289 e. The van der Waals surface area contributed by atoms with Crippen LogP contribution in [-0.2, 0) is 0 Å². The molecule has 2 rings (SSSR count). The number of nitriles is 1. The highest BCUT2D eigenvalue weighted by molar-refractivity contribution is 5.60. The summed E-state index contributed by atoms with van der Waals surface area (Å²) in [5.41, 5.74) is 6.68. The number of rotatable bonds is 2. The number of hydrogen-bond acceptors (Lipinski definition) is 5. The fraction of sp³-hybridized carbons (Fsp3) is 0.462. The largest absolute Gasteiger partial charge is 0.370 e. The first-order valence-electron chi connectivity index (χ1n) is 6.20. The number of benzene rings is 1. The maximum atomic E-state index is 11.0. The van der Waals surface area contributed by atoms with E-state index in [0.29, 0.717) is 12.5 Å². The minimum absolute atomic E-state index is 0.0819. The molecule has 0 radical (unpaired) electrons. The Morgan fingerprint density at radius 2 is 2.26 bits per heavy atom. The summed E-state index contributed by atoms with van der Waals surface area (Å²) in [6, 6.07) is 6.63. The maximum absolute atomic E-state index is 11.0. The summed E-state index contributed by atoms with van der Waals surface area (Å²) in [6.07, 6.45) is 0.967. The second-order valence-corrected chi connectivity index (χ2v) is 5.08. The molecule has 19 heavy (non-hydrogen) atoms. The number of nitro groups is 1. The van der Waals surface area contributed by atoms with Crippen molar-refractivity contribution in [2.75, 3.05) is 18.0 Å². The summed E-state index contributed by atoms with van der Waals surface area (Å²) in [4.78, 5) is 12.5. The van der Waals surface area contributed by atoms with E-state index in [-0.39, 0.29) is 17.3 Å². The van der Waals surface area contributed by atoms with E-state index in [4.69, 9.17) is 11.0 Å². The highest BCUT2D eigenvalue weighted by Gasteiger charge is 2.24. The topological polar surface area (TPSA) is 96.2 Å². The molecule has 1 aliphatic heterocycles. The highest BCUT2D eigenvalue weighted by Crippen LogP contribution is 2.28. The van der Waals surface area contributed by atoms with Gasteiger partial charge in [0.25, 0.3) is 5.69 Å². The third-order valence-electron chi connectivity index (χ3n) is 3.36. The smallest absolute Gasteiger partial charge is 0.289 e. The van der Waals surface area contributed by atoms with E-state index >= 15 is 0 Å². The minimum atomic E-state index is -0.518. The lowest BCUT2D eigenvalue weighted by Gasteiger charge is -2.36. The zero-order valence-corrected chi connectivity index (χ0v) is 10.7. The van der Waals surface area contributed by atoms with E-state index in [1.165, 1.54) is 12.1 Å². The minimum Gasteiger partial charge on any atom is -0.370 e. The van der Waals surface area contributed by atoms with Gasteiger partial charge in [0.2, 0.25) is 0 Å². The van der Waals surface area contributed by atoms with Crippen LogP contribution in [0.3, 0.4) is 0 Å². The number of nitrogens with zero attached hydrogens (tertiary/aromatic N) is 3. The molecule has 1 fully saturated rings. The van der Waals surface area contributed by atoms with Gasteiger partial charge < -0.3 is 10.6 Å². The van der Waals surface area contributed by atoms with Crippen LogP contribution >= 0.6 is 0 Å². The van der Waals surface area contributed by atoms with Gasteiger partial charge in [-0.2, -0.15) is 5.26 Å². The SMILES string of the molecule is CC1CC(N)CN(c2ccc(C#N)c([N+](=O)[O-])c2)C1. The zero-order valence-electron chi connectivity index (χ0n) is 10.7. The summed E-state index contributed by atoms with van der Waals surface area (Å²) < 4.78 is 0. The van der Waals surface area contributed by atoms with Crippen molar-refractivity contribution in [3.8, 4) is 6.07 Å². The molecule has 1 aromatic carbocycles. The van der Waals surface area contributed by atoms with Gasteiger partial charge in [-0.25, -0.2) is 0 Å². The third kappa shape index (κ3) is 2.83. The Labute approximate surface area is 111 Å². The van der Waals surface area contributed by atoms with Crippen LogP contribution in [0.4, 0.5) is 11.4 Å². The van der Waals surface area contributed by atoms with Gasteiger partial charge in [0.15, 0.2) is 0 Å². The molecule has 1 aromatic rings. The average molecular weight is 260 g/mol. The van der Waals surface area contributed by atoms with Crippen molar-refractivity contribution in [3.63, 3.8) is 0 Å². The summed E-state index contributed by atoms with van der Waals surface area (Å²) in [5, 5.41) is 19.8. The number of piperidine rings is 1. The Bertz CT molecular complexity index is 528. The van der Waals surface area contributed by atoms with Crippen LogP contribution in [0.2, 0.25) is 0 Å². The Balaban J connectivity index is 2.33. The molecular weight excluding hydrogens is 244 g/mol. The molecule has 2 atom stereocenters. The van der Waals surface area contributed by atoms with Crippen LogP contribution in [0.5, 0.6) is 0 Å². The summed E-state index contributed by atoms with van der Waals surface area (Å²) in [5.74, 6) is 0.457. The number of nitro benzene ring substituents is 1. The van der Waals surface area contributed by atoms with Gasteiger partial charge in [-0.15, -0.1) is 0 Å². The number of hydrogen-bond donors (Lipinski definition) is 1. The van der Waals surface area contributed by atoms with E-state index < -0.39 is 4.92 Å². The van der Waals surface area contributed by atoms with Gasteiger partial charge in [0.1, 0.15) is 11.6 Å². The van der Waals surface area contributed by atoms with Crippen molar-refractivity contribution in [2.24, 2.45) is 11.7 Å². The molecule has 0 aliphatic carbocycles. The quantitative estimate of drug-likeness (QED) is 0.644. The number of anilines is 1. The lowest BCUT2D eigenvalue weighted by Crippen LogP contribution is -2.46. The molecule has 1 saturated heterocycles. The predicted molar refractivity (Wildman–Crippen MR) is 71.8 cm³/mol. The van der Waals surface area contributed by atoms with Crippen molar-refractivity contribution >= 4 is 11.4 Å². The molecule has 100 valence electrons. The van der Waals surface area contributed by atoms with Crippen LogP contribution in [-0.4, -0.2) is 24.1 Å².